The molecule has 0 bridgehead atoms. The monoisotopic (exact) mass is 286 g/mol. The number of carbonyl (C=O) groups excluding carboxylic acids is 2. The molecule has 0 saturated carbocycles. The fraction of sp³-hybridized carbons (Fsp3) is 0.529. The van der Waals surface area contributed by atoms with Gasteiger partial charge in [0, 0.05) is 12.2 Å². The number of amides is 2. The second-order valence-corrected chi connectivity index (χ2v) is 5.91. The van der Waals surface area contributed by atoms with Crippen molar-refractivity contribution in [2.45, 2.75) is 51.6 Å². The van der Waals surface area contributed by atoms with E-state index in [2.05, 4.69) is 6.92 Å². The third kappa shape index (κ3) is 2.23. The summed E-state index contributed by atoms with van der Waals surface area (Å²) < 4.78 is 0. The largest absolute Gasteiger partial charge is 0.329 e. The molecule has 0 N–H and O–H groups in total. The normalized spacial score (nSPS) is 26.0. The summed E-state index contributed by atoms with van der Waals surface area (Å²) in [7, 11) is 0. The molecule has 2 unspecified atom stereocenters. The van der Waals surface area contributed by atoms with E-state index >= 15 is 0 Å². The number of anilines is 1. The van der Waals surface area contributed by atoms with Crippen LogP contribution in [0.2, 0.25) is 0 Å². The summed E-state index contributed by atoms with van der Waals surface area (Å²) >= 11 is 0. The number of piperazine rings is 1. The number of nitrogens with zero attached hydrogens (tertiary/aromatic N) is 2. The molecule has 2 heterocycles. The molecule has 21 heavy (non-hydrogen) atoms. The third-order valence-electron chi connectivity index (χ3n) is 4.69. The lowest BCUT2D eigenvalue weighted by Crippen LogP contribution is -2.65. The molecule has 0 spiro atoms. The molecule has 1 aromatic carbocycles. The molecule has 0 radical (unpaired) electrons. The number of hydrogen-bond acceptors (Lipinski definition) is 2. The van der Waals surface area contributed by atoms with Crippen molar-refractivity contribution in [3.05, 3.63) is 29.8 Å². The summed E-state index contributed by atoms with van der Waals surface area (Å²) in [5, 5.41) is 0. The van der Waals surface area contributed by atoms with Gasteiger partial charge >= 0.3 is 0 Å². The summed E-state index contributed by atoms with van der Waals surface area (Å²) in [4.78, 5) is 29.1. The fourth-order valence-corrected chi connectivity index (χ4v) is 3.53. The molecule has 1 aromatic rings. The van der Waals surface area contributed by atoms with Crippen molar-refractivity contribution in [1.82, 2.24) is 4.90 Å². The van der Waals surface area contributed by atoms with Gasteiger partial charge in [0.2, 0.25) is 5.91 Å². The van der Waals surface area contributed by atoms with Gasteiger partial charge in [-0.05, 0) is 44.2 Å². The second kappa shape index (κ2) is 5.51. The summed E-state index contributed by atoms with van der Waals surface area (Å²) in [6.45, 7) is 4.65. The Hall–Kier alpha value is -1.84. The topological polar surface area (TPSA) is 40.6 Å². The zero-order valence-corrected chi connectivity index (χ0v) is 12.7. The molecule has 2 aliphatic rings. The SMILES string of the molecule is CCc1ccccc1N1C(=O)C2CCCCN2C(=O)C1C. The van der Waals surface area contributed by atoms with Crippen molar-refractivity contribution in [2.24, 2.45) is 0 Å². The van der Waals surface area contributed by atoms with Gasteiger partial charge in [-0.3, -0.25) is 14.5 Å². The zero-order chi connectivity index (χ0) is 15.0. The van der Waals surface area contributed by atoms with Gasteiger partial charge in [0.25, 0.3) is 5.91 Å². The van der Waals surface area contributed by atoms with E-state index in [0.717, 1.165) is 43.5 Å². The van der Waals surface area contributed by atoms with E-state index in [1.54, 1.807) is 9.80 Å². The molecule has 112 valence electrons. The first-order valence-electron chi connectivity index (χ1n) is 7.86. The Balaban J connectivity index is 2.01. The molecule has 4 nitrogen and oxygen atoms in total. The van der Waals surface area contributed by atoms with E-state index in [0.29, 0.717) is 0 Å². The van der Waals surface area contributed by atoms with Crippen molar-refractivity contribution in [1.29, 1.82) is 0 Å². The second-order valence-electron chi connectivity index (χ2n) is 5.91. The maximum atomic E-state index is 12.9. The van der Waals surface area contributed by atoms with Gasteiger partial charge in [-0.25, -0.2) is 0 Å². The van der Waals surface area contributed by atoms with Gasteiger partial charge in [-0.2, -0.15) is 0 Å². The Morgan fingerprint density at radius 2 is 1.90 bits per heavy atom. The number of fused-ring (bicyclic) bond motifs is 1. The molecule has 0 aromatic heterocycles. The van der Waals surface area contributed by atoms with Crippen LogP contribution in [-0.4, -0.2) is 35.3 Å². The molecule has 2 fully saturated rings. The van der Waals surface area contributed by atoms with Crippen LogP contribution in [0.15, 0.2) is 24.3 Å². The van der Waals surface area contributed by atoms with Gasteiger partial charge in [0.15, 0.2) is 0 Å². The Kier molecular flexibility index (Phi) is 3.70. The predicted octanol–water partition coefficient (Wildman–Crippen LogP) is 2.37. The average Bonchev–Trinajstić information content (AvgIpc) is 2.53. The van der Waals surface area contributed by atoms with Crippen molar-refractivity contribution >= 4 is 17.5 Å². The minimum absolute atomic E-state index is 0.0858. The van der Waals surface area contributed by atoms with E-state index in [4.69, 9.17) is 0 Å². The first-order valence-corrected chi connectivity index (χ1v) is 7.86. The number of benzene rings is 1. The highest BCUT2D eigenvalue weighted by atomic mass is 16.2. The number of rotatable bonds is 2. The quantitative estimate of drug-likeness (QED) is 0.837. The molecule has 0 aliphatic carbocycles. The van der Waals surface area contributed by atoms with E-state index in [1.165, 1.54) is 0 Å². The third-order valence-corrected chi connectivity index (χ3v) is 4.69. The smallest absolute Gasteiger partial charge is 0.250 e. The van der Waals surface area contributed by atoms with Gasteiger partial charge in [-0.1, -0.05) is 25.1 Å². The van der Waals surface area contributed by atoms with Gasteiger partial charge in [0.05, 0.1) is 0 Å². The molecular weight excluding hydrogens is 264 g/mol. The van der Waals surface area contributed by atoms with Crippen molar-refractivity contribution in [2.75, 3.05) is 11.4 Å². The summed E-state index contributed by atoms with van der Waals surface area (Å²) in [6.07, 6.45) is 3.68. The van der Waals surface area contributed by atoms with Crippen molar-refractivity contribution in [3.63, 3.8) is 0 Å². The lowest BCUT2D eigenvalue weighted by atomic mass is 9.94. The molecular formula is C17H22N2O2. The number of hydrogen-bond donors (Lipinski definition) is 0. The van der Waals surface area contributed by atoms with Crippen molar-refractivity contribution < 1.29 is 9.59 Å². The lowest BCUT2D eigenvalue weighted by Gasteiger charge is -2.46. The Morgan fingerprint density at radius 3 is 2.67 bits per heavy atom. The first kappa shape index (κ1) is 14.1. The number of para-hydroxylation sites is 1. The highest BCUT2D eigenvalue weighted by molar-refractivity contribution is 6.08. The maximum Gasteiger partial charge on any atom is 0.250 e. The van der Waals surface area contributed by atoms with Crippen LogP contribution in [0.25, 0.3) is 0 Å². The Morgan fingerprint density at radius 1 is 1.14 bits per heavy atom. The van der Waals surface area contributed by atoms with Crippen LogP contribution >= 0.6 is 0 Å². The fourth-order valence-electron chi connectivity index (χ4n) is 3.53. The number of carbonyl (C=O) groups is 2. The highest BCUT2D eigenvalue weighted by Gasteiger charge is 2.45. The molecule has 2 aliphatic heterocycles. The van der Waals surface area contributed by atoms with Gasteiger partial charge in [-0.15, -0.1) is 0 Å². The minimum Gasteiger partial charge on any atom is -0.329 e. The molecule has 2 amide bonds. The molecule has 2 saturated heterocycles. The van der Waals surface area contributed by atoms with Gasteiger partial charge < -0.3 is 4.90 Å². The first-order chi connectivity index (χ1) is 10.1. The lowest BCUT2D eigenvalue weighted by molar-refractivity contribution is -0.147. The Bertz CT molecular complexity index is 570. The van der Waals surface area contributed by atoms with Crippen LogP contribution in [-0.2, 0) is 16.0 Å². The molecule has 4 heteroatoms. The van der Waals surface area contributed by atoms with E-state index in [-0.39, 0.29) is 17.9 Å². The standard InChI is InChI=1S/C17H22N2O2/c1-3-13-8-4-5-9-14(13)19-12(2)16(20)18-11-7-6-10-15(18)17(19)21/h4-5,8-9,12,15H,3,6-7,10-11H2,1-2H3. The highest BCUT2D eigenvalue weighted by Crippen LogP contribution is 2.32. The number of aryl methyl sites for hydroxylation is 1. The van der Waals surface area contributed by atoms with Crippen LogP contribution in [0.5, 0.6) is 0 Å². The van der Waals surface area contributed by atoms with E-state index in [1.807, 2.05) is 31.2 Å². The predicted molar refractivity (Wildman–Crippen MR) is 82.1 cm³/mol. The number of piperidine rings is 1. The summed E-state index contributed by atoms with van der Waals surface area (Å²) in [6, 6.07) is 7.25. The van der Waals surface area contributed by atoms with Crippen molar-refractivity contribution in [3.8, 4) is 0 Å². The summed E-state index contributed by atoms with van der Waals surface area (Å²) in [5.41, 5.74) is 2.02. The average molecular weight is 286 g/mol. The molecule has 3 rings (SSSR count). The van der Waals surface area contributed by atoms with Crippen LogP contribution < -0.4 is 4.90 Å². The Labute approximate surface area is 125 Å². The van der Waals surface area contributed by atoms with E-state index in [9.17, 15) is 9.59 Å². The maximum absolute atomic E-state index is 12.9. The minimum atomic E-state index is -0.403. The van der Waals surface area contributed by atoms with Crippen LogP contribution in [0, 0.1) is 0 Å². The molecule has 2 atom stereocenters. The summed E-state index contributed by atoms with van der Waals surface area (Å²) in [5.74, 6) is 0.174. The van der Waals surface area contributed by atoms with Crippen LogP contribution in [0.4, 0.5) is 5.69 Å². The van der Waals surface area contributed by atoms with Gasteiger partial charge in [0.1, 0.15) is 12.1 Å². The zero-order valence-electron chi connectivity index (χ0n) is 12.7. The van der Waals surface area contributed by atoms with E-state index < -0.39 is 6.04 Å². The van der Waals surface area contributed by atoms with Crippen LogP contribution in [0.3, 0.4) is 0 Å². The van der Waals surface area contributed by atoms with Crippen LogP contribution in [0.1, 0.15) is 38.7 Å².